The SMILES string of the molecule is CCCCCc1ccc(C2CCC(C3CCC(C=CC=CC#N)(OC)CC3)CC2)cc1. The van der Waals surface area contributed by atoms with Crippen LogP contribution in [0, 0.1) is 23.2 Å². The molecule has 0 amide bonds. The van der Waals surface area contributed by atoms with Crippen LogP contribution in [-0.2, 0) is 11.2 Å². The van der Waals surface area contributed by atoms with Crippen LogP contribution in [0.1, 0.15) is 94.6 Å². The maximum absolute atomic E-state index is 8.64. The van der Waals surface area contributed by atoms with E-state index in [2.05, 4.69) is 37.3 Å². The van der Waals surface area contributed by atoms with Gasteiger partial charge in [-0.1, -0.05) is 62.3 Å². The molecule has 2 aliphatic carbocycles. The van der Waals surface area contributed by atoms with Crippen molar-refractivity contribution in [1.29, 1.82) is 5.26 Å². The first-order chi connectivity index (χ1) is 15.2. The maximum Gasteiger partial charge on any atom is 0.0912 e. The smallest absolute Gasteiger partial charge is 0.0912 e. The van der Waals surface area contributed by atoms with Gasteiger partial charge in [0.1, 0.15) is 0 Å². The molecule has 2 aliphatic rings. The van der Waals surface area contributed by atoms with Crippen molar-refractivity contribution in [3.8, 4) is 6.07 Å². The van der Waals surface area contributed by atoms with Crippen LogP contribution in [-0.4, -0.2) is 12.7 Å². The molecule has 0 bridgehead atoms. The highest BCUT2D eigenvalue weighted by Gasteiger charge is 2.37. The molecule has 0 N–H and O–H groups in total. The van der Waals surface area contributed by atoms with Gasteiger partial charge in [0, 0.05) is 13.2 Å². The molecule has 3 rings (SSSR count). The largest absolute Gasteiger partial charge is 0.374 e. The van der Waals surface area contributed by atoms with Gasteiger partial charge in [-0.2, -0.15) is 5.26 Å². The first-order valence-electron chi connectivity index (χ1n) is 12.6. The van der Waals surface area contributed by atoms with Gasteiger partial charge in [-0.05, 0) is 93.1 Å². The van der Waals surface area contributed by atoms with E-state index in [0.29, 0.717) is 0 Å². The molecule has 1 aromatic rings. The van der Waals surface area contributed by atoms with E-state index in [4.69, 9.17) is 10.00 Å². The molecule has 0 spiro atoms. The van der Waals surface area contributed by atoms with Gasteiger partial charge in [-0.3, -0.25) is 0 Å². The van der Waals surface area contributed by atoms with Crippen molar-refractivity contribution in [2.24, 2.45) is 11.8 Å². The van der Waals surface area contributed by atoms with Gasteiger partial charge in [-0.15, -0.1) is 0 Å². The first kappa shape index (κ1) is 23.8. The van der Waals surface area contributed by atoms with Gasteiger partial charge in [0.25, 0.3) is 0 Å². The first-order valence-corrected chi connectivity index (χ1v) is 12.6. The quantitative estimate of drug-likeness (QED) is 0.231. The molecule has 0 unspecified atom stereocenters. The van der Waals surface area contributed by atoms with E-state index < -0.39 is 0 Å². The van der Waals surface area contributed by atoms with Gasteiger partial charge in [0.2, 0.25) is 0 Å². The Bertz CT molecular complexity index is 738. The van der Waals surface area contributed by atoms with E-state index in [1.807, 2.05) is 25.3 Å². The minimum absolute atomic E-state index is 0.133. The van der Waals surface area contributed by atoms with Crippen LogP contribution in [0.4, 0.5) is 0 Å². The molecule has 168 valence electrons. The fourth-order valence-corrected chi connectivity index (χ4v) is 5.83. The third kappa shape index (κ3) is 6.81. The lowest BCUT2D eigenvalue weighted by Crippen LogP contribution is -2.36. The number of hydrogen-bond donors (Lipinski definition) is 0. The third-order valence-corrected chi connectivity index (χ3v) is 7.92. The zero-order valence-corrected chi connectivity index (χ0v) is 19.7. The Morgan fingerprint density at radius 1 is 0.968 bits per heavy atom. The Morgan fingerprint density at radius 2 is 1.65 bits per heavy atom. The lowest BCUT2D eigenvalue weighted by Gasteiger charge is -2.42. The molecular formula is C29H41NO. The second-order valence-corrected chi connectivity index (χ2v) is 9.76. The van der Waals surface area contributed by atoms with Crippen molar-refractivity contribution >= 4 is 0 Å². The molecule has 2 fully saturated rings. The van der Waals surface area contributed by atoms with Gasteiger partial charge in [0.15, 0.2) is 0 Å². The van der Waals surface area contributed by atoms with Crippen molar-refractivity contribution in [2.75, 3.05) is 7.11 Å². The summed E-state index contributed by atoms with van der Waals surface area (Å²) >= 11 is 0. The van der Waals surface area contributed by atoms with E-state index in [9.17, 15) is 0 Å². The number of methoxy groups -OCH3 is 1. The Labute approximate surface area is 190 Å². The van der Waals surface area contributed by atoms with E-state index in [0.717, 1.165) is 30.6 Å². The number of allylic oxidation sites excluding steroid dienone is 3. The molecule has 2 nitrogen and oxygen atoms in total. The van der Waals surface area contributed by atoms with E-state index in [-0.39, 0.29) is 5.60 Å². The highest BCUT2D eigenvalue weighted by molar-refractivity contribution is 5.26. The molecule has 0 heterocycles. The van der Waals surface area contributed by atoms with Crippen LogP contribution < -0.4 is 0 Å². The van der Waals surface area contributed by atoms with E-state index >= 15 is 0 Å². The normalized spacial score (nSPS) is 29.4. The van der Waals surface area contributed by atoms with Crippen molar-refractivity contribution in [3.05, 3.63) is 59.7 Å². The van der Waals surface area contributed by atoms with Crippen LogP contribution in [0.3, 0.4) is 0 Å². The second-order valence-electron chi connectivity index (χ2n) is 9.76. The van der Waals surface area contributed by atoms with E-state index in [1.165, 1.54) is 75.8 Å². The van der Waals surface area contributed by atoms with Crippen LogP contribution in [0.15, 0.2) is 48.6 Å². The minimum atomic E-state index is -0.133. The summed E-state index contributed by atoms with van der Waals surface area (Å²) in [4.78, 5) is 0. The average Bonchev–Trinajstić information content (AvgIpc) is 2.83. The molecule has 1 aromatic carbocycles. The third-order valence-electron chi connectivity index (χ3n) is 7.92. The average molecular weight is 420 g/mol. The molecule has 0 radical (unpaired) electrons. The Morgan fingerprint density at radius 3 is 2.26 bits per heavy atom. The highest BCUT2D eigenvalue weighted by atomic mass is 16.5. The zero-order valence-electron chi connectivity index (χ0n) is 19.7. The number of aryl methyl sites for hydroxylation is 1. The number of unbranched alkanes of at least 4 members (excludes halogenated alkanes) is 2. The second kappa shape index (κ2) is 12.3. The number of ether oxygens (including phenoxy) is 1. The van der Waals surface area contributed by atoms with Crippen molar-refractivity contribution < 1.29 is 4.74 Å². The summed E-state index contributed by atoms with van der Waals surface area (Å²) in [7, 11) is 1.83. The Balaban J connectivity index is 1.45. The summed E-state index contributed by atoms with van der Waals surface area (Å²) in [5.74, 6) is 2.51. The Hall–Kier alpha value is -1.85. The summed E-state index contributed by atoms with van der Waals surface area (Å²) in [6, 6.07) is 11.6. The van der Waals surface area contributed by atoms with Crippen molar-refractivity contribution in [1.82, 2.24) is 0 Å². The topological polar surface area (TPSA) is 33.0 Å². The summed E-state index contributed by atoms with van der Waals surface area (Å²) in [5, 5.41) is 8.64. The molecule has 0 atom stereocenters. The predicted molar refractivity (Wildman–Crippen MR) is 130 cm³/mol. The standard InChI is InChI=1S/C29H41NO/c1-3-4-6-9-24-10-12-25(13-11-24)26-14-16-27(17-15-26)28-18-21-29(31-2,22-19-28)20-7-5-8-23-30/h5,7-8,10-13,20,26-28H,3-4,6,9,14-19,21-22H2,1-2H3. The van der Waals surface area contributed by atoms with Gasteiger partial charge < -0.3 is 4.74 Å². The molecule has 2 saturated carbocycles. The van der Waals surface area contributed by atoms with Crippen molar-refractivity contribution in [2.45, 2.75) is 95.5 Å². The molecule has 2 heteroatoms. The summed E-state index contributed by atoms with van der Waals surface area (Å²) < 4.78 is 5.91. The number of rotatable bonds is 9. The fraction of sp³-hybridized carbons (Fsp3) is 0.621. The molecular weight excluding hydrogens is 378 g/mol. The molecule has 31 heavy (non-hydrogen) atoms. The number of nitriles is 1. The van der Waals surface area contributed by atoms with Crippen LogP contribution in [0.5, 0.6) is 0 Å². The summed E-state index contributed by atoms with van der Waals surface area (Å²) in [6.45, 7) is 2.27. The number of hydrogen-bond acceptors (Lipinski definition) is 2. The fourth-order valence-electron chi connectivity index (χ4n) is 5.83. The zero-order chi connectivity index (χ0) is 21.9. The van der Waals surface area contributed by atoms with Crippen LogP contribution in [0.25, 0.3) is 0 Å². The predicted octanol–water partition coefficient (Wildman–Crippen LogP) is 7.90. The maximum atomic E-state index is 8.64. The summed E-state index contributed by atoms with van der Waals surface area (Å²) in [6.07, 6.45) is 22.9. The highest BCUT2D eigenvalue weighted by Crippen LogP contribution is 2.45. The van der Waals surface area contributed by atoms with E-state index in [1.54, 1.807) is 5.56 Å². The lowest BCUT2D eigenvalue weighted by molar-refractivity contribution is -0.0193. The lowest BCUT2D eigenvalue weighted by atomic mass is 9.67. The molecule has 0 aliphatic heterocycles. The Kier molecular flexibility index (Phi) is 9.41. The van der Waals surface area contributed by atoms with Crippen molar-refractivity contribution in [3.63, 3.8) is 0 Å². The van der Waals surface area contributed by atoms with Crippen LogP contribution >= 0.6 is 0 Å². The molecule has 0 saturated heterocycles. The molecule has 0 aromatic heterocycles. The number of nitrogens with zero attached hydrogens (tertiary/aromatic N) is 1. The van der Waals surface area contributed by atoms with Gasteiger partial charge in [0.05, 0.1) is 11.7 Å². The monoisotopic (exact) mass is 419 g/mol. The van der Waals surface area contributed by atoms with Gasteiger partial charge >= 0.3 is 0 Å². The van der Waals surface area contributed by atoms with Gasteiger partial charge in [-0.25, -0.2) is 0 Å². The summed E-state index contributed by atoms with van der Waals surface area (Å²) in [5.41, 5.74) is 2.94. The minimum Gasteiger partial charge on any atom is -0.374 e. The van der Waals surface area contributed by atoms with Crippen LogP contribution in [0.2, 0.25) is 0 Å². The number of benzene rings is 1.